The monoisotopic (exact) mass is 694 g/mol. The van der Waals surface area contributed by atoms with Gasteiger partial charge in [-0.15, -0.1) is 0 Å². The molecule has 1 saturated heterocycles. The molecule has 0 saturated carbocycles. The van der Waals surface area contributed by atoms with E-state index in [-0.39, 0.29) is 12.5 Å². The van der Waals surface area contributed by atoms with Gasteiger partial charge in [-0.3, -0.25) is 19.5 Å². The number of nitrogens with zero attached hydrogens (tertiary/aromatic N) is 4. The molecule has 1 aliphatic rings. The fourth-order valence-corrected chi connectivity index (χ4v) is 6.71. The highest BCUT2D eigenvalue weighted by molar-refractivity contribution is 7.07. The number of aromatic nitrogens is 1. The summed E-state index contributed by atoms with van der Waals surface area (Å²) in [4.78, 5) is 38.8. The third kappa shape index (κ3) is 9.13. The largest absolute Gasteiger partial charge is 0.416 e. The Morgan fingerprint density at radius 2 is 1.54 bits per heavy atom. The molecule has 2 amide bonds. The Balaban J connectivity index is 1.28. The quantitative estimate of drug-likeness (QED) is 0.132. The van der Waals surface area contributed by atoms with Crippen LogP contribution in [0.25, 0.3) is 17.3 Å². The molecular weight excluding hydrogens is 658 g/mol. The third-order valence-corrected chi connectivity index (χ3v) is 9.54. The molecular formula is C40H37F3N4O2S. The number of rotatable bonds is 11. The highest BCUT2D eigenvalue weighted by Gasteiger charge is 2.34. The van der Waals surface area contributed by atoms with Crippen LogP contribution in [-0.2, 0) is 35.3 Å². The van der Waals surface area contributed by atoms with Crippen LogP contribution in [0.1, 0.15) is 27.8 Å². The van der Waals surface area contributed by atoms with Crippen LogP contribution in [-0.4, -0.2) is 63.7 Å². The van der Waals surface area contributed by atoms with Crippen molar-refractivity contribution in [3.8, 4) is 11.3 Å². The molecule has 3 heterocycles. The van der Waals surface area contributed by atoms with Crippen molar-refractivity contribution in [3.63, 3.8) is 0 Å². The fourth-order valence-electron chi connectivity index (χ4n) is 6.05. The van der Waals surface area contributed by atoms with E-state index in [2.05, 4.69) is 26.7 Å². The number of thiophene rings is 1. The minimum atomic E-state index is -4.46. The van der Waals surface area contributed by atoms with Crippen LogP contribution in [0.5, 0.6) is 0 Å². The first kappa shape index (κ1) is 34.8. The van der Waals surface area contributed by atoms with Crippen molar-refractivity contribution in [1.29, 1.82) is 0 Å². The number of pyridine rings is 1. The van der Waals surface area contributed by atoms with Crippen molar-refractivity contribution in [2.24, 2.45) is 0 Å². The number of carbonyl (C=O) groups is 2. The number of carbonyl (C=O) groups excluding carboxylic acids is 2. The molecule has 0 aliphatic carbocycles. The molecule has 0 radical (unpaired) electrons. The van der Waals surface area contributed by atoms with Gasteiger partial charge in [0.15, 0.2) is 0 Å². The van der Waals surface area contributed by atoms with Crippen LogP contribution >= 0.6 is 11.3 Å². The first-order valence-corrected chi connectivity index (χ1v) is 17.4. The molecule has 50 heavy (non-hydrogen) atoms. The average Bonchev–Trinajstić information content (AvgIpc) is 3.66. The van der Waals surface area contributed by atoms with E-state index in [1.54, 1.807) is 22.4 Å². The molecule has 5 aromatic rings. The summed E-state index contributed by atoms with van der Waals surface area (Å²) in [5, 5.41) is 4.20. The maximum absolute atomic E-state index is 14.5. The molecule has 0 N–H and O–H groups in total. The second-order valence-electron chi connectivity index (χ2n) is 12.3. The van der Waals surface area contributed by atoms with Crippen LogP contribution in [0.4, 0.5) is 13.2 Å². The maximum atomic E-state index is 14.5. The topological polar surface area (TPSA) is 56.8 Å². The zero-order valence-electron chi connectivity index (χ0n) is 27.4. The summed E-state index contributed by atoms with van der Waals surface area (Å²) in [5.74, 6) is -0.547. The standard InChI is InChI=1S/C40H37F3N4O2S/c41-40(42,43)35-16-11-30(12-17-35)13-18-38(48)47(28-32-9-14-34(15-10-32)36-8-4-5-20-44-36)37(26-31-6-2-1-3-7-31)39(49)46-23-21-45(22-24-46)27-33-19-25-50-29-33/h1-20,25,29,37H,21-24,26-28H2/t37-/m0/s1. The Morgan fingerprint density at radius 1 is 0.820 bits per heavy atom. The van der Waals surface area contributed by atoms with Gasteiger partial charge in [-0.25, -0.2) is 0 Å². The van der Waals surface area contributed by atoms with Gasteiger partial charge in [0.05, 0.1) is 11.3 Å². The molecule has 0 bridgehead atoms. The van der Waals surface area contributed by atoms with E-state index < -0.39 is 23.7 Å². The number of hydrogen-bond acceptors (Lipinski definition) is 5. The number of piperazine rings is 1. The molecule has 6 nitrogen and oxygen atoms in total. The number of benzene rings is 3. The normalized spacial score (nSPS) is 14.5. The van der Waals surface area contributed by atoms with Gasteiger partial charge >= 0.3 is 6.18 Å². The van der Waals surface area contributed by atoms with E-state index in [0.29, 0.717) is 25.1 Å². The first-order valence-electron chi connectivity index (χ1n) is 16.5. The predicted octanol–water partition coefficient (Wildman–Crippen LogP) is 7.83. The number of hydrogen-bond donors (Lipinski definition) is 0. The van der Waals surface area contributed by atoms with E-state index in [0.717, 1.165) is 54.2 Å². The minimum Gasteiger partial charge on any atom is -0.338 e. The summed E-state index contributed by atoms with van der Waals surface area (Å²) in [6.45, 7) is 3.49. The Morgan fingerprint density at radius 3 is 2.18 bits per heavy atom. The maximum Gasteiger partial charge on any atom is 0.416 e. The van der Waals surface area contributed by atoms with E-state index in [4.69, 9.17) is 0 Å². The van der Waals surface area contributed by atoms with Crippen molar-refractivity contribution >= 4 is 29.2 Å². The zero-order chi connectivity index (χ0) is 34.9. The van der Waals surface area contributed by atoms with Gasteiger partial charge in [-0.2, -0.15) is 24.5 Å². The lowest BCUT2D eigenvalue weighted by molar-refractivity contribution is -0.145. The van der Waals surface area contributed by atoms with Crippen molar-refractivity contribution in [1.82, 2.24) is 19.7 Å². The van der Waals surface area contributed by atoms with Crippen LogP contribution in [0.2, 0.25) is 0 Å². The summed E-state index contributed by atoms with van der Waals surface area (Å²) in [5.41, 5.74) is 4.42. The fraction of sp³-hybridized carbons (Fsp3) is 0.225. The second-order valence-corrected chi connectivity index (χ2v) is 13.0. The van der Waals surface area contributed by atoms with E-state index in [1.165, 1.54) is 29.8 Å². The lowest BCUT2D eigenvalue weighted by Crippen LogP contribution is -2.56. The molecule has 1 fully saturated rings. The van der Waals surface area contributed by atoms with Crippen LogP contribution < -0.4 is 0 Å². The third-order valence-electron chi connectivity index (χ3n) is 8.81. The van der Waals surface area contributed by atoms with Crippen molar-refractivity contribution in [2.45, 2.75) is 31.7 Å². The van der Waals surface area contributed by atoms with E-state index >= 15 is 0 Å². The lowest BCUT2D eigenvalue weighted by Gasteiger charge is -2.39. The van der Waals surface area contributed by atoms with Gasteiger partial charge < -0.3 is 9.80 Å². The highest BCUT2D eigenvalue weighted by Crippen LogP contribution is 2.29. The van der Waals surface area contributed by atoms with Crippen molar-refractivity contribution < 1.29 is 22.8 Å². The predicted molar refractivity (Wildman–Crippen MR) is 191 cm³/mol. The van der Waals surface area contributed by atoms with Gasteiger partial charge in [-0.05, 0) is 69.4 Å². The van der Waals surface area contributed by atoms with Crippen molar-refractivity contribution in [3.05, 3.63) is 154 Å². The average molecular weight is 695 g/mol. The molecule has 2 aromatic heterocycles. The number of amides is 2. The van der Waals surface area contributed by atoms with Crippen LogP contribution in [0.3, 0.4) is 0 Å². The summed E-state index contributed by atoms with van der Waals surface area (Å²) >= 11 is 1.67. The molecule has 0 spiro atoms. The SMILES string of the molecule is O=C([C@H](Cc1ccccc1)N(Cc1ccc(-c2ccccn2)cc1)C(=O)C=Cc1ccc(C(F)(F)F)cc1)N1CCN(Cc2ccsc2)CC1. The van der Waals surface area contributed by atoms with Crippen molar-refractivity contribution in [2.75, 3.05) is 26.2 Å². The summed E-state index contributed by atoms with van der Waals surface area (Å²) in [6.07, 6.45) is 0.415. The minimum absolute atomic E-state index is 0.134. The molecule has 1 aliphatic heterocycles. The Labute approximate surface area is 294 Å². The summed E-state index contributed by atoms with van der Waals surface area (Å²) in [7, 11) is 0. The molecule has 3 aromatic carbocycles. The molecule has 0 unspecified atom stereocenters. The molecule has 6 rings (SSSR count). The first-order chi connectivity index (χ1) is 24.2. The molecule has 10 heteroatoms. The smallest absolute Gasteiger partial charge is 0.338 e. The van der Waals surface area contributed by atoms with Gasteiger partial charge in [-0.1, -0.05) is 72.8 Å². The number of halogens is 3. The van der Waals surface area contributed by atoms with Gasteiger partial charge in [0.1, 0.15) is 6.04 Å². The van der Waals surface area contributed by atoms with Crippen LogP contribution in [0, 0.1) is 0 Å². The van der Waals surface area contributed by atoms with E-state index in [9.17, 15) is 22.8 Å². The molecule has 256 valence electrons. The van der Waals surface area contributed by atoms with Gasteiger partial charge in [0, 0.05) is 63.5 Å². The highest BCUT2D eigenvalue weighted by atomic mass is 32.1. The van der Waals surface area contributed by atoms with Gasteiger partial charge in [0.25, 0.3) is 0 Å². The molecule has 1 atom stereocenters. The summed E-state index contributed by atoms with van der Waals surface area (Å²) < 4.78 is 39.5. The summed E-state index contributed by atoms with van der Waals surface area (Å²) in [6, 6.07) is 29.0. The Bertz CT molecular complexity index is 1860. The Kier molecular flexibility index (Phi) is 11.2. The van der Waals surface area contributed by atoms with Crippen LogP contribution in [0.15, 0.2) is 126 Å². The second kappa shape index (κ2) is 16.1. The Hall–Kier alpha value is -5.06. The number of alkyl halides is 3. The lowest BCUT2D eigenvalue weighted by atomic mass is 10.0. The zero-order valence-corrected chi connectivity index (χ0v) is 28.2. The van der Waals surface area contributed by atoms with Gasteiger partial charge in [0.2, 0.25) is 11.8 Å². The van der Waals surface area contributed by atoms with E-state index in [1.807, 2.05) is 77.7 Å².